The minimum absolute atomic E-state index is 0.304. The number of rotatable bonds is 10. The predicted molar refractivity (Wildman–Crippen MR) is 149 cm³/mol. The van der Waals surface area contributed by atoms with Gasteiger partial charge in [0.15, 0.2) is 16.6 Å². The molecule has 0 spiro atoms. The quantitative estimate of drug-likeness (QED) is 0.193. The minimum Gasteiger partial charge on any atom is -0.451 e. The van der Waals surface area contributed by atoms with Crippen molar-refractivity contribution in [2.75, 3.05) is 18.4 Å². The summed E-state index contributed by atoms with van der Waals surface area (Å²) in [6.45, 7) is 6.45. The number of unbranched alkanes of at least 4 members (excludes halogenated alkanes) is 1. The summed E-state index contributed by atoms with van der Waals surface area (Å²) in [4.78, 5) is 42.5. The molecule has 11 heteroatoms. The Morgan fingerprint density at radius 1 is 1.08 bits per heavy atom. The van der Waals surface area contributed by atoms with E-state index in [0.29, 0.717) is 36.9 Å². The number of anilines is 1. The Balaban J connectivity index is 1.65. The molecule has 0 fully saturated rings. The molecule has 3 heterocycles. The second-order valence-electron chi connectivity index (χ2n) is 9.12. The highest BCUT2D eigenvalue weighted by Crippen LogP contribution is 2.38. The molecule has 38 heavy (non-hydrogen) atoms. The van der Waals surface area contributed by atoms with Gasteiger partial charge in [0.25, 0.3) is 0 Å². The van der Waals surface area contributed by atoms with Gasteiger partial charge >= 0.3 is 12.0 Å². The molecule has 0 unspecified atom stereocenters. The molecule has 2 amide bonds. The third-order valence-corrected chi connectivity index (χ3v) is 6.74. The Morgan fingerprint density at radius 2 is 1.87 bits per heavy atom. The third kappa shape index (κ3) is 6.48. The molecular weight excluding hydrogens is 502 g/mol. The highest BCUT2D eigenvalue weighted by atomic mass is 32.1. The van der Waals surface area contributed by atoms with Crippen LogP contribution in [0.4, 0.5) is 9.93 Å². The lowest BCUT2D eigenvalue weighted by Gasteiger charge is -2.23. The Kier molecular flexibility index (Phi) is 8.59. The van der Waals surface area contributed by atoms with Crippen LogP contribution in [0.25, 0.3) is 32.6 Å². The van der Waals surface area contributed by atoms with E-state index >= 15 is 0 Å². The summed E-state index contributed by atoms with van der Waals surface area (Å²) in [7, 11) is 0. The van der Waals surface area contributed by atoms with E-state index in [0.717, 1.165) is 39.0 Å². The molecule has 0 aliphatic carbocycles. The molecule has 10 nitrogen and oxygen atoms in total. The van der Waals surface area contributed by atoms with Crippen LogP contribution >= 0.6 is 11.3 Å². The predicted octanol–water partition coefficient (Wildman–Crippen LogP) is 4.86. The van der Waals surface area contributed by atoms with Gasteiger partial charge in [0.05, 0.1) is 15.9 Å². The van der Waals surface area contributed by atoms with Gasteiger partial charge in [-0.1, -0.05) is 17.4 Å². The van der Waals surface area contributed by atoms with Crippen molar-refractivity contribution < 1.29 is 14.3 Å². The van der Waals surface area contributed by atoms with E-state index in [1.165, 1.54) is 11.3 Å². The fourth-order valence-electron chi connectivity index (χ4n) is 3.85. The molecule has 0 radical (unpaired) electrons. The molecule has 4 aromatic rings. The van der Waals surface area contributed by atoms with Crippen molar-refractivity contribution in [3.8, 4) is 22.4 Å². The number of hydrogen-bond donors (Lipinski definition) is 3. The number of fused-ring (bicyclic) bond motifs is 1. The number of thiazole rings is 1. The number of carbonyl (C=O) groups excluding carboxylic acids is 2. The molecule has 4 N–H and O–H groups in total. The highest BCUT2D eigenvalue weighted by molar-refractivity contribution is 7.22. The maximum atomic E-state index is 12.2. The first-order valence-corrected chi connectivity index (χ1v) is 13.3. The second-order valence-corrected chi connectivity index (χ2v) is 10.1. The number of aromatic nitrogens is 4. The second kappa shape index (κ2) is 12.1. The lowest BCUT2D eigenvalue weighted by Crippen LogP contribution is -2.28. The average molecular weight is 534 g/mol. The van der Waals surface area contributed by atoms with Crippen LogP contribution in [-0.4, -0.2) is 45.0 Å². The van der Waals surface area contributed by atoms with Crippen LogP contribution in [-0.2, 0) is 15.1 Å². The van der Waals surface area contributed by atoms with Gasteiger partial charge < -0.3 is 15.8 Å². The monoisotopic (exact) mass is 533 g/mol. The zero-order valence-electron chi connectivity index (χ0n) is 21.7. The van der Waals surface area contributed by atoms with E-state index < -0.39 is 5.60 Å². The van der Waals surface area contributed by atoms with Gasteiger partial charge in [-0.2, -0.15) is 0 Å². The normalized spacial score (nSPS) is 11.4. The Morgan fingerprint density at radius 3 is 2.55 bits per heavy atom. The van der Waals surface area contributed by atoms with Crippen LogP contribution in [0.2, 0.25) is 0 Å². The summed E-state index contributed by atoms with van der Waals surface area (Å²) >= 11 is 1.39. The van der Waals surface area contributed by atoms with E-state index in [9.17, 15) is 9.59 Å². The lowest BCUT2D eigenvalue weighted by atomic mass is 10.0. The first-order chi connectivity index (χ1) is 18.3. The summed E-state index contributed by atoms with van der Waals surface area (Å²) in [6.07, 6.45) is 6.91. The number of carbonyl (C=O) groups is 2. The van der Waals surface area contributed by atoms with Crippen molar-refractivity contribution in [3.05, 3.63) is 54.7 Å². The van der Waals surface area contributed by atoms with Crippen molar-refractivity contribution in [2.24, 2.45) is 5.73 Å². The number of esters is 1. The Labute approximate surface area is 225 Å². The maximum Gasteiger partial charge on any atom is 0.321 e. The van der Waals surface area contributed by atoms with E-state index in [1.54, 1.807) is 32.4 Å². The van der Waals surface area contributed by atoms with Crippen LogP contribution < -0.4 is 16.4 Å². The maximum absolute atomic E-state index is 12.2. The zero-order valence-corrected chi connectivity index (χ0v) is 22.5. The number of urea groups is 1. The number of pyridine rings is 1. The van der Waals surface area contributed by atoms with Crippen molar-refractivity contribution in [1.82, 2.24) is 25.3 Å². The van der Waals surface area contributed by atoms with E-state index in [4.69, 9.17) is 10.5 Å². The number of amides is 2. The molecule has 3 aromatic heterocycles. The highest BCUT2D eigenvalue weighted by Gasteiger charge is 2.28. The smallest absolute Gasteiger partial charge is 0.321 e. The molecule has 0 aliphatic heterocycles. The van der Waals surface area contributed by atoms with Crippen molar-refractivity contribution >= 4 is 38.7 Å². The first-order valence-electron chi connectivity index (χ1n) is 12.5. The van der Waals surface area contributed by atoms with Gasteiger partial charge in [0.1, 0.15) is 0 Å². The van der Waals surface area contributed by atoms with Crippen LogP contribution in [0, 0.1) is 0 Å². The number of benzene rings is 1. The standard InChI is InChI=1S/C27H31N7O3S/c1-4-29-25(36)34-26-33-21-14-17(13-19(23(21)38-26)20-9-6-8-12-30-20)18-15-31-24(32-16-18)27(2,3)37-22(35)10-5-7-11-28/h6,8-9,12-16H,4-5,7,10-11,28H2,1-3H3,(H2,29,33,34,36). The van der Waals surface area contributed by atoms with Crippen LogP contribution in [0.1, 0.15) is 45.9 Å². The third-order valence-electron chi connectivity index (χ3n) is 5.72. The van der Waals surface area contributed by atoms with Crippen molar-refractivity contribution in [1.29, 1.82) is 0 Å². The molecule has 1 aromatic carbocycles. The number of ether oxygens (including phenoxy) is 1. The molecule has 0 bridgehead atoms. The fraction of sp³-hybridized carbons (Fsp3) is 0.333. The Hall–Kier alpha value is -3.96. The molecule has 0 saturated carbocycles. The van der Waals surface area contributed by atoms with Gasteiger partial charge in [0.2, 0.25) is 0 Å². The summed E-state index contributed by atoms with van der Waals surface area (Å²) < 4.78 is 6.54. The van der Waals surface area contributed by atoms with Gasteiger partial charge in [-0.15, -0.1) is 0 Å². The zero-order chi connectivity index (χ0) is 27.1. The summed E-state index contributed by atoms with van der Waals surface area (Å²) in [6, 6.07) is 9.35. The van der Waals surface area contributed by atoms with Gasteiger partial charge in [-0.3, -0.25) is 15.1 Å². The van der Waals surface area contributed by atoms with Gasteiger partial charge in [0, 0.05) is 42.7 Å². The molecule has 0 aliphatic rings. The fourth-order valence-corrected chi connectivity index (χ4v) is 4.81. The lowest BCUT2D eigenvalue weighted by molar-refractivity contribution is -0.158. The molecule has 0 atom stereocenters. The number of hydrogen-bond acceptors (Lipinski definition) is 9. The molecule has 198 valence electrons. The van der Waals surface area contributed by atoms with E-state index in [2.05, 4.69) is 30.6 Å². The Bertz CT molecular complexity index is 1410. The number of nitrogens with one attached hydrogen (secondary N) is 2. The topological polar surface area (TPSA) is 145 Å². The summed E-state index contributed by atoms with van der Waals surface area (Å²) in [5, 5.41) is 5.99. The van der Waals surface area contributed by atoms with Gasteiger partial charge in [-0.05, 0) is 70.0 Å². The van der Waals surface area contributed by atoms with Gasteiger partial charge in [-0.25, -0.2) is 19.7 Å². The SMILES string of the molecule is CCNC(=O)Nc1nc2cc(-c3cnc(C(C)(C)OC(=O)CCCCN)nc3)cc(-c3ccccn3)c2s1. The van der Waals surface area contributed by atoms with Crippen LogP contribution in [0.3, 0.4) is 0 Å². The van der Waals surface area contributed by atoms with E-state index in [1.807, 2.05) is 37.3 Å². The van der Waals surface area contributed by atoms with Crippen molar-refractivity contribution in [3.63, 3.8) is 0 Å². The summed E-state index contributed by atoms with van der Waals surface area (Å²) in [5.74, 6) is 0.101. The first kappa shape index (κ1) is 27.1. The number of nitrogens with two attached hydrogens (primary N) is 1. The summed E-state index contributed by atoms with van der Waals surface area (Å²) in [5.41, 5.74) is 8.52. The number of nitrogens with zero attached hydrogens (tertiary/aromatic N) is 4. The van der Waals surface area contributed by atoms with Crippen LogP contribution in [0.15, 0.2) is 48.9 Å². The van der Waals surface area contributed by atoms with Crippen LogP contribution in [0.5, 0.6) is 0 Å². The van der Waals surface area contributed by atoms with E-state index in [-0.39, 0.29) is 12.0 Å². The molecule has 4 rings (SSSR count). The largest absolute Gasteiger partial charge is 0.451 e. The average Bonchev–Trinajstić information content (AvgIpc) is 3.31. The molecular formula is C27H31N7O3S. The molecule has 0 saturated heterocycles. The van der Waals surface area contributed by atoms with Crippen molar-refractivity contribution in [2.45, 2.75) is 45.6 Å². The minimum atomic E-state index is -0.976.